The summed E-state index contributed by atoms with van der Waals surface area (Å²) in [7, 11) is 0. The third-order valence-electron chi connectivity index (χ3n) is 3.17. The predicted molar refractivity (Wildman–Crippen MR) is 85.0 cm³/mol. The van der Waals surface area contributed by atoms with Gasteiger partial charge in [0.05, 0.1) is 9.16 Å². The molecule has 1 atom stereocenters. The van der Waals surface area contributed by atoms with Gasteiger partial charge in [-0.1, -0.05) is 23.8 Å². The van der Waals surface area contributed by atoms with Crippen molar-refractivity contribution in [3.05, 3.63) is 55.2 Å². The van der Waals surface area contributed by atoms with Crippen LogP contribution in [0.25, 0.3) is 0 Å². The van der Waals surface area contributed by atoms with Gasteiger partial charge in [0.15, 0.2) is 0 Å². The molecule has 0 saturated heterocycles. The van der Waals surface area contributed by atoms with Crippen LogP contribution in [0.3, 0.4) is 0 Å². The van der Waals surface area contributed by atoms with E-state index in [2.05, 4.69) is 61.0 Å². The Bertz CT molecular complexity index is 560. The maximum absolute atomic E-state index is 6.57. The summed E-state index contributed by atoms with van der Waals surface area (Å²) in [5, 5.41) is 0.0491. The molecule has 0 aliphatic carbocycles. The Morgan fingerprint density at radius 1 is 1.22 bits per heavy atom. The van der Waals surface area contributed by atoms with E-state index in [9.17, 15) is 0 Å². The molecule has 0 fully saturated rings. The molecule has 1 unspecified atom stereocenters. The fourth-order valence-corrected chi connectivity index (χ4v) is 4.32. The van der Waals surface area contributed by atoms with Gasteiger partial charge in [0.25, 0.3) is 0 Å². The second-order valence-electron chi connectivity index (χ2n) is 4.66. The summed E-state index contributed by atoms with van der Waals surface area (Å²) >= 11 is 11.8. The molecule has 0 radical (unpaired) electrons. The molecule has 2 rings (SSSR count). The van der Waals surface area contributed by atoms with E-state index in [-0.39, 0.29) is 5.38 Å². The molecule has 0 spiro atoms. The summed E-state index contributed by atoms with van der Waals surface area (Å²) in [5.74, 6) is 0. The zero-order valence-corrected chi connectivity index (χ0v) is 13.9. The van der Waals surface area contributed by atoms with Crippen molar-refractivity contribution in [2.45, 2.75) is 32.6 Å². The van der Waals surface area contributed by atoms with Gasteiger partial charge in [-0.15, -0.1) is 22.9 Å². The summed E-state index contributed by atoms with van der Waals surface area (Å²) in [4.78, 5) is 1.30. The largest absolute Gasteiger partial charge is 0.133 e. The van der Waals surface area contributed by atoms with Crippen LogP contribution in [0.5, 0.6) is 0 Å². The van der Waals surface area contributed by atoms with Crippen molar-refractivity contribution in [3.63, 3.8) is 0 Å². The van der Waals surface area contributed by atoms with Crippen molar-refractivity contribution >= 4 is 38.9 Å². The third-order valence-corrected chi connectivity index (χ3v) is 5.13. The fraction of sp³-hybridized carbons (Fsp3) is 0.333. The quantitative estimate of drug-likeness (QED) is 0.603. The minimum atomic E-state index is 0.0491. The van der Waals surface area contributed by atoms with Crippen LogP contribution in [-0.4, -0.2) is 0 Å². The van der Waals surface area contributed by atoms with E-state index in [0.29, 0.717) is 0 Å². The maximum Gasteiger partial charge on any atom is 0.0704 e. The van der Waals surface area contributed by atoms with Gasteiger partial charge in [0, 0.05) is 4.88 Å². The van der Waals surface area contributed by atoms with E-state index < -0.39 is 0 Å². The van der Waals surface area contributed by atoms with Crippen LogP contribution in [0.1, 0.15) is 32.5 Å². The minimum Gasteiger partial charge on any atom is -0.133 e. The van der Waals surface area contributed by atoms with Crippen molar-refractivity contribution in [1.82, 2.24) is 0 Å². The predicted octanol–water partition coefficient (Wildman–Crippen LogP) is 5.96. The van der Waals surface area contributed by atoms with Gasteiger partial charge in [0.2, 0.25) is 0 Å². The first-order chi connectivity index (χ1) is 8.47. The Balaban J connectivity index is 2.23. The first-order valence-corrected chi connectivity index (χ1v) is 7.98. The normalized spacial score (nSPS) is 12.7. The van der Waals surface area contributed by atoms with E-state index in [1.165, 1.54) is 27.1 Å². The van der Waals surface area contributed by atoms with Crippen molar-refractivity contribution in [1.29, 1.82) is 0 Å². The van der Waals surface area contributed by atoms with Gasteiger partial charge < -0.3 is 0 Å². The summed E-state index contributed by atoms with van der Waals surface area (Å²) in [6.07, 6.45) is 0.888. The topological polar surface area (TPSA) is 0 Å². The van der Waals surface area contributed by atoms with E-state index >= 15 is 0 Å². The van der Waals surface area contributed by atoms with Gasteiger partial charge in [0.1, 0.15) is 0 Å². The molecular weight excluding hydrogens is 328 g/mol. The van der Waals surface area contributed by atoms with Crippen LogP contribution >= 0.6 is 38.9 Å². The van der Waals surface area contributed by atoms with Crippen LogP contribution in [0, 0.1) is 20.8 Å². The van der Waals surface area contributed by atoms with Gasteiger partial charge in [-0.25, -0.2) is 0 Å². The van der Waals surface area contributed by atoms with Crippen LogP contribution in [0.2, 0.25) is 0 Å². The number of rotatable bonds is 3. The molecule has 2 aromatic rings. The molecule has 0 nitrogen and oxygen atoms in total. The van der Waals surface area contributed by atoms with Crippen molar-refractivity contribution in [3.8, 4) is 0 Å². The van der Waals surface area contributed by atoms with Gasteiger partial charge in [-0.3, -0.25) is 0 Å². The molecule has 3 heteroatoms. The lowest BCUT2D eigenvalue weighted by Gasteiger charge is -2.12. The Labute approximate surface area is 126 Å². The average molecular weight is 344 g/mol. The average Bonchev–Trinajstić information content (AvgIpc) is 2.63. The van der Waals surface area contributed by atoms with E-state index in [4.69, 9.17) is 11.6 Å². The Morgan fingerprint density at radius 3 is 2.56 bits per heavy atom. The number of aryl methyl sites for hydroxylation is 3. The molecule has 0 amide bonds. The molecule has 18 heavy (non-hydrogen) atoms. The monoisotopic (exact) mass is 342 g/mol. The second kappa shape index (κ2) is 5.77. The summed E-state index contributed by atoms with van der Waals surface area (Å²) < 4.78 is 1.15. The zero-order valence-electron chi connectivity index (χ0n) is 10.8. The number of hydrogen-bond acceptors (Lipinski definition) is 1. The molecule has 0 saturated carbocycles. The zero-order chi connectivity index (χ0) is 13.3. The van der Waals surface area contributed by atoms with Crippen molar-refractivity contribution < 1.29 is 0 Å². The smallest absolute Gasteiger partial charge is 0.0704 e. The number of benzene rings is 1. The van der Waals surface area contributed by atoms with E-state index in [1.807, 2.05) is 0 Å². The van der Waals surface area contributed by atoms with Crippen LogP contribution in [-0.2, 0) is 6.42 Å². The highest BCUT2D eigenvalue weighted by Crippen LogP contribution is 2.35. The van der Waals surface area contributed by atoms with Gasteiger partial charge in [-0.05, 0) is 65.9 Å². The Kier molecular flexibility index (Phi) is 4.52. The molecule has 1 heterocycles. The lowest BCUT2D eigenvalue weighted by molar-refractivity contribution is 0.907. The molecule has 96 valence electrons. The van der Waals surface area contributed by atoms with Gasteiger partial charge >= 0.3 is 0 Å². The lowest BCUT2D eigenvalue weighted by Crippen LogP contribution is -1.98. The summed E-state index contributed by atoms with van der Waals surface area (Å²) in [5.41, 5.74) is 5.20. The Hall–Kier alpha value is -0.310. The van der Waals surface area contributed by atoms with Gasteiger partial charge in [-0.2, -0.15) is 0 Å². The highest BCUT2D eigenvalue weighted by Gasteiger charge is 2.15. The van der Waals surface area contributed by atoms with E-state index in [1.54, 1.807) is 11.3 Å². The molecule has 1 aromatic heterocycles. The fourth-order valence-electron chi connectivity index (χ4n) is 2.09. The van der Waals surface area contributed by atoms with Crippen LogP contribution in [0.15, 0.2) is 28.1 Å². The number of halogens is 2. The standard InChI is InChI=1S/C15H16BrClS/c1-9-4-5-10(2)12(6-9)7-14(17)13-8-15(16)18-11(13)3/h4-6,8,14H,7H2,1-3H3. The van der Waals surface area contributed by atoms with Crippen molar-refractivity contribution in [2.75, 3.05) is 0 Å². The summed E-state index contributed by atoms with van der Waals surface area (Å²) in [6, 6.07) is 8.70. The van der Waals surface area contributed by atoms with Crippen LogP contribution < -0.4 is 0 Å². The minimum absolute atomic E-state index is 0.0491. The molecule has 0 N–H and O–H groups in total. The summed E-state index contributed by atoms with van der Waals surface area (Å²) in [6.45, 7) is 6.40. The molecule has 0 aliphatic rings. The SMILES string of the molecule is Cc1ccc(C)c(CC(Cl)c2cc(Br)sc2C)c1. The molecule has 1 aromatic carbocycles. The first kappa shape index (κ1) is 14.1. The second-order valence-corrected chi connectivity index (χ2v) is 7.83. The highest BCUT2D eigenvalue weighted by atomic mass is 79.9. The maximum atomic E-state index is 6.57. The highest BCUT2D eigenvalue weighted by molar-refractivity contribution is 9.11. The number of hydrogen-bond donors (Lipinski definition) is 0. The number of alkyl halides is 1. The van der Waals surface area contributed by atoms with Crippen molar-refractivity contribution in [2.24, 2.45) is 0 Å². The molecule has 0 aliphatic heterocycles. The molecule has 0 bridgehead atoms. The van der Waals surface area contributed by atoms with E-state index in [0.717, 1.165) is 10.2 Å². The lowest BCUT2D eigenvalue weighted by atomic mass is 9.99. The Morgan fingerprint density at radius 2 is 1.94 bits per heavy atom. The third kappa shape index (κ3) is 3.17. The number of thiophene rings is 1. The molecular formula is C15H16BrClS. The first-order valence-electron chi connectivity index (χ1n) is 5.93. The van der Waals surface area contributed by atoms with Crippen LogP contribution in [0.4, 0.5) is 0 Å².